The summed E-state index contributed by atoms with van der Waals surface area (Å²) >= 11 is 0. The highest BCUT2D eigenvalue weighted by Crippen LogP contribution is 2.23. The summed E-state index contributed by atoms with van der Waals surface area (Å²) in [6, 6.07) is -1.92. The van der Waals surface area contributed by atoms with Crippen molar-refractivity contribution >= 4 is 24.0 Å². The van der Waals surface area contributed by atoms with Gasteiger partial charge in [0.1, 0.15) is 0 Å². The maximum Gasteiger partial charge on any atom is 0.337 e. The van der Waals surface area contributed by atoms with Crippen molar-refractivity contribution in [2.75, 3.05) is 13.2 Å². The summed E-state index contributed by atoms with van der Waals surface area (Å²) in [7, 11) is 0. The van der Waals surface area contributed by atoms with Gasteiger partial charge in [0.05, 0.1) is 36.4 Å². The lowest BCUT2D eigenvalue weighted by Gasteiger charge is -2.29. The maximum atomic E-state index is 12.3. The Balaban J connectivity index is 2.32. The van der Waals surface area contributed by atoms with Gasteiger partial charge in [-0.3, -0.25) is 0 Å². The third-order valence-corrected chi connectivity index (χ3v) is 4.36. The van der Waals surface area contributed by atoms with Crippen molar-refractivity contribution in [1.29, 1.82) is 0 Å². The van der Waals surface area contributed by atoms with Crippen LogP contribution in [0.2, 0.25) is 0 Å². The van der Waals surface area contributed by atoms with Gasteiger partial charge in [0.15, 0.2) is 0 Å². The average Bonchev–Trinajstić information content (AvgIpc) is 2.59. The molecule has 4 amide bonds. The molecule has 0 aromatic heterocycles. The number of urea groups is 2. The number of hydrogen-bond acceptors (Lipinski definition) is 6. The Morgan fingerprint density at radius 2 is 1.14 bits per heavy atom. The highest BCUT2D eigenvalue weighted by Gasteiger charge is 2.32. The van der Waals surface area contributed by atoms with E-state index in [2.05, 4.69) is 21.3 Å². The Morgan fingerprint density at radius 3 is 1.46 bits per heavy atom. The van der Waals surface area contributed by atoms with Gasteiger partial charge in [-0.05, 0) is 40.5 Å². The summed E-state index contributed by atoms with van der Waals surface area (Å²) < 4.78 is 10.2. The number of esters is 2. The zero-order valence-electron chi connectivity index (χ0n) is 16.4. The molecule has 4 N–H and O–H groups in total. The van der Waals surface area contributed by atoms with E-state index < -0.39 is 36.1 Å². The number of ether oxygens (including phenoxy) is 2. The summed E-state index contributed by atoms with van der Waals surface area (Å²) in [6.07, 6.45) is 0.439. The van der Waals surface area contributed by atoms with Gasteiger partial charge in [-0.25, -0.2) is 19.2 Å². The molecule has 0 aliphatic carbocycles. The number of carbonyl (C=O) groups is 4. The van der Waals surface area contributed by atoms with Crippen molar-refractivity contribution in [1.82, 2.24) is 21.3 Å². The van der Waals surface area contributed by atoms with Crippen molar-refractivity contribution in [3.63, 3.8) is 0 Å². The first-order valence-electron chi connectivity index (χ1n) is 9.23. The second kappa shape index (κ2) is 9.25. The van der Waals surface area contributed by atoms with Crippen LogP contribution < -0.4 is 21.3 Å². The monoisotopic (exact) mass is 394 g/mol. The summed E-state index contributed by atoms with van der Waals surface area (Å²) in [6.45, 7) is 7.16. The molecule has 154 valence electrons. The smallest absolute Gasteiger partial charge is 0.337 e. The second-order valence-corrected chi connectivity index (χ2v) is 6.37. The minimum absolute atomic E-state index is 0.202. The topological polar surface area (TPSA) is 135 Å². The summed E-state index contributed by atoms with van der Waals surface area (Å²) in [5, 5.41) is 10.5. The van der Waals surface area contributed by atoms with Crippen molar-refractivity contribution in [3.05, 3.63) is 22.5 Å². The molecule has 2 aliphatic rings. The van der Waals surface area contributed by atoms with E-state index in [0.717, 1.165) is 0 Å². The van der Waals surface area contributed by atoms with Gasteiger partial charge in [0, 0.05) is 11.4 Å². The lowest BCUT2D eigenvalue weighted by molar-refractivity contribution is -0.140. The first-order valence-corrected chi connectivity index (χ1v) is 9.23. The molecule has 0 saturated heterocycles. The molecular formula is C18H26N4O6. The molecule has 0 aromatic rings. The lowest BCUT2D eigenvalue weighted by Crippen LogP contribution is -2.50. The predicted octanol–water partition coefficient (Wildman–Crippen LogP) is 0.804. The van der Waals surface area contributed by atoms with Crippen LogP contribution in [-0.2, 0) is 19.1 Å². The van der Waals surface area contributed by atoms with E-state index in [0.29, 0.717) is 22.5 Å². The van der Waals surface area contributed by atoms with Crippen molar-refractivity contribution in [2.24, 2.45) is 0 Å². The Labute approximate surface area is 163 Å². The highest BCUT2D eigenvalue weighted by atomic mass is 16.5. The van der Waals surface area contributed by atoms with Gasteiger partial charge >= 0.3 is 24.0 Å². The summed E-state index contributed by atoms with van der Waals surface area (Å²) in [5.74, 6) is -1.06. The first kappa shape index (κ1) is 21.3. The Hall–Kier alpha value is -3.04. The molecule has 2 rings (SSSR count). The Kier molecular flexibility index (Phi) is 7.02. The van der Waals surface area contributed by atoms with E-state index in [1.807, 2.05) is 0 Å². The van der Waals surface area contributed by atoms with Gasteiger partial charge in [0.2, 0.25) is 0 Å². The molecule has 28 heavy (non-hydrogen) atoms. The van der Waals surface area contributed by atoms with Crippen molar-refractivity contribution in [2.45, 2.75) is 52.6 Å². The third kappa shape index (κ3) is 4.81. The van der Waals surface area contributed by atoms with Gasteiger partial charge in [-0.15, -0.1) is 0 Å². The average molecular weight is 394 g/mol. The quantitative estimate of drug-likeness (QED) is 0.472. The molecule has 0 bridgehead atoms. The van der Waals surface area contributed by atoms with Gasteiger partial charge in [-0.1, -0.05) is 0 Å². The molecule has 0 saturated carbocycles. The number of allylic oxidation sites excluding steroid dienone is 2. The van der Waals surface area contributed by atoms with Crippen LogP contribution >= 0.6 is 0 Å². The lowest BCUT2D eigenvalue weighted by atomic mass is 9.97. The number of hydrogen-bond donors (Lipinski definition) is 4. The van der Waals surface area contributed by atoms with E-state index in [4.69, 9.17) is 9.47 Å². The number of carbonyl (C=O) groups excluding carboxylic acids is 4. The fourth-order valence-corrected chi connectivity index (χ4v) is 3.20. The van der Waals surface area contributed by atoms with Gasteiger partial charge in [0.25, 0.3) is 0 Å². The minimum atomic E-state index is -0.528. The zero-order chi connectivity index (χ0) is 20.8. The summed E-state index contributed by atoms with van der Waals surface area (Å²) in [5.41, 5.74) is 1.41. The predicted molar refractivity (Wildman–Crippen MR) is 98.8 cm³/mol. The van der Waals surface area contributed by atoms with Crippen LogP contribution in [0.1, 0.15) is 40.5 Å². The molecule has 0 spiro atoms. The standard InChI is InChI=1S/C18H26N4O6/c1-5-27-15(23)13-9(3)19-17(25)21-11(13)7-8-12-14(16(24)28-6-2)10(4)20-18(26)22-12/h9-10H,5-8H2,1-4H3,(H2,19,21,25)(H2,20,22,26). The fraction of sp³-hybridized carbons (Fsp3) is 0.556. The van der Waals surface area contributed by atoms with Gasteiger partial charge in [-0.2, -0.15) is 0 Å². The van der Waals surface area contributed by atoms with Gasteiger partial charge < -0.3 is 30.7 Å². The molecule has 10 nitrogen and oxygen atoms in total. The Bertz CT molecular complexity index is 680. The molecule has 2 aliphatic heterocycles. The normalized spacial score (nSPS) is 22.0. The molecule has 0 aromatic carbocycles. The van der Waals surface area contributed by atoms with Crippen LogP contribution in [0.4, 0.5) is 9.59 Å². The molecule has 2 atom stereocenters. The Morgan fingerprint density at radius 1 is 0.786 bits per heavy atom. The van der Waals surface area contributed by atoms with Crippen molar-refractivity contribution in [3.8, 4) is 0 Å². The highest BCUT2D eigenvalue weighted by molar-refractivity contribution is 5.95. The van der Waals surface area contributed by atoms with E-state index in [1.165, 1.54) is 0 Å². The first-order chi connectivity index (χ1) is 13.3. The van der Waals surface area contributed by atoms with Crippen molar-refractivity contribution < 1.29 is 28.7 Å². The molecule has 2 heterocycles. The van der Waals surface area contributed by atoms with Crippen LogP contribution in [0, 0.1) is 0 Å². The third-order valence-electron chi connectivity index (χ3n) is 4.36. The van der Waals surface area contributed by atoms with E-state index in [1.54, 1.807) is 27.7 Å². The number of nitrogens with one attached hydrogen (secondary N) is 4. The zero-order valence-corrected chi connectivity index (χ0v) is 16.4. The molecular weight excluding hydrogens is 368 g/mol. The molecule has 2 unspecified atom stereocenters. The molecule has 0 fully saturated rings. The minimum Gasteiger partial charge on any atom is -0.463 e. The summed E-state index contributed by atoms with van der Waals surface area (Å²) in [4.78, 5) is 48.3. The van der Waals surface area contributed by atoms with Crippen LogP contribution in [-0.4, -0.2) is 49.3 Å². The van der Waals surface area contributed by atoms with E-state index >= 15 is 0 Å². The molecule has 10 heteroatoms. The second-order valence-electron chi connectivity index (χ2n) is 6.37. The largest absolute Gasteiger partial charge is 0.463 e. The van der Waals surface area contributed by atoms with E-state index in [-0.39, 0.29) is 26.1 Å². The number of amides is 4. The van der Waals surface area contributed by atoms with Crippen LogP contribution in [0.15, 0.2) is 22.5 Å². The van der Waals surface area contributed by atoms with Crippen LogP contribution in [0.3, 0.4) is 0 Å². The SMILES string of the molecule is CCOC(=O)C1=C(CCC2=C(C(=O)OCC)C(C)NC(=O)N2)NC(=O)NC1C. The molecule has 0 radical (unpaired) electrons. The number of rotatable bonds is 7. The maximum absolute atomic E-state index is 12.3. The van der Waals surface area contributed by atoms with E-state index in [9.17, 15) is 19.2 Å². The van der Waals surface area contributed by atoms with Crippen LogP contribution in [0.5, 0.6) is 0 Å². The van der Waals surface area contributed by atoms with Crippen LogP contribution in [0.25, 0.3) is 0 Å². The fourth-order valence-electron chi connectivity index (χ4n) is 3.20.